The summed E-state index contributed by atoms with van der Waals surface area (Å²) < 4.78 is 39.7. The summed E-state index contributed by atoms with van der Waals surface area (Å²) in [6, 6.07) is 2.90. The fourth-order valence-electron chi connectivity index (χ4n) is 1.22. The number of carbonyl (C=O) groups is 2. The van der Waals surface area contributed by atoms with E-state index in [1.165, 1.54) is 0 Å². The molecule has 0 unspecified atom stereocenters. The Labute approximate surface area is 289 Å². The first-order valence-electron chi connectivity index (χ1n) is 4.59. The summed E-state index contributed by atoms with van der Waals surface area (Å²) in [5, 5.41) is 0. The van der Waals surface area contributed by atoms with Crippen molar-refractivity contribution in [2.24, 2.45) is 0 Å². The van der Waals surface area contributed by atoms with Gasteiger partial charge in [-0.25, -0.2) is 9.59 Å². The molecule has 0 saturated carbocycles. The summed E-state index contributed by atoms with van der Waals surface area (Å²) in [5.74, 6) is -1.68. The van der Waals surface area contributed by atoms with Crippen LogP contribution in [0.5, 0.6) is 0 Å². The van der Waals surface area contributed by atoms with Crippen LogP contribution >= 0.6 is 0 Å². The van der Waals surface area contributed by atoms with E-state index in [9.17, 15) is 18.0 Å². The normalized spacial score (nSPS) is 8.86. The van der Waals surface area contributed by atoms with Crippen molar-refractivity contribution in [3.8, 4) is 0 Å². The molecule has 0 spiro atoms. The molecule has 0 aliphatic heterocycles. The van der Waals surface area contributed by atoms with Crippen LogP contribution in [0.15, 0.2) is 23.1 Å². The Kier molecular flexibility index (Phi) is 25.2. The van der Waals surface area contributed by atoms with Crippen LogP contribution < -0.4 is 0 Å². The van der Waals surface area contributed by atoms with Gasteiger partial charge in [0.2, 0.25) is 0 Å². The van der Waals surface area contributed by atoms with Crippen LogP contribution in [0.4, 0.5) is 0 Å². The Balaban J connectivity index is -0.000000405. The molecular weight excluding hydrogens is 813 g/mol. The van der Waals surface area contributed by atoms with Crippen molar-refractivity contribution < 1.29 is 32.0 Å². The molecular formula is C10H18Ba4O7S. The summed E-state index contributed by atoms with van der Waals surface area (Å²) in [6.07, 6.45) is 0. The maximum absolute atomic E-state index is 11.3. The standard InChI is InChI=1S/C10H10O7S.4Ba.8H/c1-16-9(11)6-3-7(10(12)17-2)5-8(4-6)18(13,14)15;;;;;;;;;;;;/h3-5H,1-2H3,(H,13,14,15);;;;;;;;;;;;. The van der Waals surface area contributed by atoms with Gasteiger partial charge in [-0.1, -0.05) is 0 Å². The minimum atomic E-state index is -4.55. The SMILES string of the molecule is COC(=O)c1cc(C(=O)OC)cc(S(=O)(=O)O)c1.[BaH2].[BaH2].[BaH2].[BaH2]. The molecule has 114 valence electrons. The van der Waals surface area contributed by atoms with E-state index in [1.54, 1.807) is 0 Å². The molecule has 0 heterocycles. The van der Waals surface area contributed by atoms with Crippen LogP contribution in [-0.4, -0.2) is 235 Å². The van der Waals surface area contributed by atoms with Gasteiger partial charge in [-0.05, 0) is 18.2 Å². The second-order valence-corrected chi connectivity index (χ2v) is 4.63. The third-order valence-electron chi connectivity index (χ3n) is 2.05. The van der Waals surface area contributed by atoms with Crippen LogP contribution in [-0.2, 0) is 19.6 Å². The maximum atomic E-state index is 11.3. The van der Waals surface area contributed by atoms with Crippen molar-refractivity contribution in [2.45, 2.75) is 4.90 Å². The zero-order valence-electron chi connectivity index (χ0n) is 9.54. The number of rotatable bonds is 3. The third-order valence-corrected chi connectivity index (χ3v) is 2.88. The monoisotopic (exact) mass is 834 g/mol. The zero-order valence-corrected chi connectivity index (χ0v) is 10.4. The number of ether oxygens (including phenoxy) is 2. The molecule has 1 aromatic rings. The van der Waals surface area contributed by atoms with E-state index in [0.29, 0.717) is 0 Å². The zero-order chi connectivity index (χ0) is 13.9. The van der Waals surface area contributed by atoms with Gasteiger partial charge >= 0.3 is 207 Å². The second kappa shape index (κ2) is 16.3. The average Bonchev–Trinajstić information content (AvgIpc) is 2.35. The van der Waals surface area contributed by atoms with E-state index in [2.05, 4.69) is 9.47 Å². The Morgan fingerprint density at radius 3 is 1.41 bits per heavy atom. The van der Waals surface area contributed by atoms with Gasteiger partial charge in [0.05, 0.1) is 30.2 Å². The molecule has 0 aliphatic carbocycles. The molecule has 12 heteroatoms. The molecule has 0 aliphatic rings. The molecule has 0 atom stereocenters. The van der Waals surface area contributed by atoms with E-state index in [-0.39, 0.29) is 207 Å². The molecule has 1 rings (SSSR count). The average molecular weight is 832 g/mol. The van der Waals surface area contributed by atoms with Gasteiger partial charge in [0, 0.05) is 0 Å². The van der Waals surface area contributed by atoms with Crippen molar-refractivity contribution >= 4 is 218 Å². The van der Waals surface area contributed by atoms with Crippen LogP contribution in [0.25, 0.3) is 0 Å². The van der Waals surface area contributed by atoms with Gasteiger partial charge in [0.1, 0.15) is 0 Å². The Morgan fingerprint density at radius 2 is 1.18 bits per heavy atom. The number of benzene rings is 1. The molecule has 0 aromatic heterocycles. The Hall–Kier alpha value is 4.36. The van der Waals surface area contributed by atoms with Crippen LogP contribution in [0, 0.1) is 0 Å². The molecule has 22 heavy (non-hydrogen) atoms. The first-order valence-corrected chi connectivity index (χ1v) is 6.03. The number of carbonyl (C=O) groups excluding carboxylic acids is 2. The minimum absolute atomic E-state index is 0. The van der Waals surface area contributed by atoms with Gasteiger partial charge in [-0.15, -0.1) is 0 Å². The van der Waals surface area contributed by atoms with Gasteiger partial charge in [0.15, 0.2) is 0 Å². The van der Waals surface area contributed by atoms with Gasteiger partial charge in [-0.3, -0.25) is 4.55 Å². The third kappa shape index (κ3) is 11.3. The summed E-state index contributed by atoms with van der Waals surface area (Å²) >= 11 is 0. The van der Waals surface area contributed by atoms with E-state index in [0.717, 1.165) is 32.4 Å². The van der Waals surface area contributed by atoms with E-state index >= 15 is 0 Å². The number of esters is 2. The fraction of sp³-hybridized carbons (Fsp3) is 0.200. The Bertz CT molecular complexity index is 569. The van der Waals surface area contributed by atoms with Crippen molar-refractivity contribution in [3.05, 3.63) is 29.3 Å². The molecule has 1 N–H and O–H groups in total. The summed E-state index contributed by atoms with van der Waals surface area (Å²) in [4.78, 5) is 22.0. The Morgan fingerprint density at radius 1 is 0.864 bits per heavy atom. The van der Waals surface area contributed by atoms with Crippen LogP contribution in [0.1, 0.15) is 20.7 Å². The number of hydrogen-bond donors (Lipinski definition) is 1. The fourth-order valence-corrected chi connectivity index (χ4v) is 1.77. The molecule has 1 aromatic carbocycles. The quantitative estimate of drug-likeness (QED) is 0.195. The molecule has 7 nitrogen and oxygen atoms in total. The first kappa shape index (κ1) is 33.9. The summed E-state index contributed by atoms with van der Waals surface area (Å²) in [7, 11) is -2.35. The topological polar surface area (TPSA) is 107 Å². The van der Waals surface area contributed by atoms with Gasteiger partial charge in [-0.2, -0.15) is 8.42 Å². The van der Waals surface area contributed by atoms with Crippen molar-refractivity contribution in [1.29, 1.82) is 0 Å². The number of methoxy groups -OCH3 is 2. The van der Waals surface area contributed by atoms with Crippen molar-refractivity contribution in [1.82, 2.24) is 0 Å². The number of hydrogen-bond acceptors (Lipinski definition) is 6. The summed E-state index contributed by atoms with van der Waals surface area (Å²) in [5.41, 5.74) is -0.374. The molecule has 0 bridgehead atoms. The second-order valence-electron chi connectivity index (χ2n) is 3.20. The van der Waals surface area contributed by atoms with Crippen LogP contribution in [0.2, 0.25) is 0 Å². The molecule has 0 saturated heterocycles. The van der Waals surface area contributed by atoms with Gasteiger partial charge in [0.25, 0.3) is 10.1 Å². The molecule has 0 fully saturated rings. The first-order chi connectivity index (χ1) is 8.29. The van der Waals surface area contributed by atoms with Crippen molar-refractivity contribution in [3.63, 3.8) is 0 Å². The van der Waals surface area contributed by atoms with Crippen molar-refractivity contribution in [2.75, 3.05) is 14.2 Å². The van der Waals surface area contributed by atoms with E-state index < -0.39 is 27.0 Å². The van der Waals surface area contributed by atoms with Gasteiger partial charge < -0.3 is 9.47 Å². The van der Waals surface area contributed by atoms with E-state index in [4.69, 9.17) is 4.55 Å². The predicted octanol–water partition coefficient (Wildman–Crippen LogP) is -3.16. The summed E-state index contributed by atoms with van der Waals surface area (Å²) in [6.45, 7) is 0. The van der Waals surface area contributed by atoms with E-state index in [1.807, 2.05) is 0 Å². The predicted molar refractivity (Wildman–Crippen MR) is 93.1 cm³/mol. The molecule has 0 amide bonds. The van der Waals surface area contributed by atoms with Crippen LogP contribution in [0.3, 0.4) is 0 Å². The molecule has 0 radical (unpaired) electrons.